The highest BCUT2D eigenvalue weighted by atomic mass is 79.9. The molecule has 0 aromatic heterocycles. The number of sulfonamides is 1. The molecule has 0 radical (unpaired) electrons. The Balaban J connectivity index is 2.53. The second kappa shape index (κ2) is 6.37. The van der Waals surface area contributed by atoms with E-state index in [1.807, 2.05) is 31.2 Å². The second-order valence-corrected chi connectivity index (χ2v) is 6.45. The molecule has 96 valence electrons. The van der Waals surface area contributed by atoms with Crippen LogP contribution in [0.15, 0.2) is 28.7 Å². The lowest BCUT2D eigenvalue weighted by molar-refractivity contribution is 0.257. The molecule has 2 N–H and O–H groups in total. The summed E-state index contributed by atoms with van der Waals surface area (Å²) in [7, 11) is -3.44. The van der Waals surface area contributed by atoms with Crippen molar-refractivity contribution in [2.45, 2.75) is 13.3 Å². The van der Waals surface area contributed by atoms with Crippen LogP contribution in [0.3, 0.4) is 0 Å². The molecule has 0 aliphatic heterocycles. The van der Waals surface area contributed by atoms with Crippen molar-refractivity contribution in [1.82, 2.24) is 0 Å². The van der Waals surface area contributed by atoms with Gasteiger partial charge in [0, 0.05) is 10.4 Å². The van der Waals surface area contributed by atoms with Gasteiger partial charge in [0.2, 0.25) is 10.0 Å². The molecule has 0 aliphatic rings. The minimum absolute atomic E-state index is 0.0441. The number of nitrogens with two attached hydrogens (primary N) is 1. The number of rotatable bonds is 6. The summed E-state index contributed by atoms with van der Waals surface area (Å²) in [4.78, 5) is 0. The number of hydrogen-bond donors (Lipinski definition) is 1. The molecule has 0 saturated carbocycles. The Labute approximate surface area is 110 Å². The van der Waals surface area contributed by atoms with Crippen molar-refractivity contribution >= 4 is 26.0 Å². The Kier molecular flexibility index (Phi) is 5.42. The van der Waals surface area contributed by atoms with Gasteiger partial charge < -0.3 is 4.74 Å². The molecule has 0 heterocycles. The number of ether oxygens (including phenoxy) is 1. The normalized spacial score (nSPS) is 13.4. The first kappa shape index (κ1) is 14.5. The highest BCUT2D eigenvalue weighted by Crippen LogP contribution is 2.19. The van der Waals surface area contributed by atoms with Gasteiger partial charge in [-0.05, 0) is 24.6 Å². The van der Waals surface area contributed by atoms with Crippen LogP contribution < -0.4 is 9.88 Å². The predicted octanol–water partition coefficient (Wildman–Crippen LogP) is 2.14. The largest absolute Gasteiger partial charge is 0.493 e. The molecule has 6 heteroatoms. The molecule has 4 nitrogen and oxygen atoms in total. The fourth-order valence-electron chi connectivity index (χ4n) is 1.38. The monoisotopic (exact) mass is 321 g/mol. The Morgan fingerprint density at radius 3 is 2.71 bits per heavy atom. The minimum atomic E-state index is -3.44. The van der Waals surface area contributed by atoms with E-state index in [1.165, 1.54) is 0 Å². The molecule has 0 fully saturated rings. The van der Waals surface area contributed by atoms with E-state index in [0.29, 0.717) is 18.8 Å². The summed E-state index contributed by atoms with van der Waals surface area (Å²) in [6.45, 7) is 2.27. The quantitative estimate of drug-likeness (QED) is 0.872. The first-order valence-corrected chi connectivity index (χ1v) is 7.80. The third-order valence-corrected chi connectivity index (χ3v) is 3.76. The first-order valence-electron chi connectivity index (χ1n) is 5.29. The molecule has 0 saturated heterocycles. The highest BCUT2D eigenvalue weighted by Gasteiger charge is 2.14. The van der Waals surface area contributed by atoms with Crippen LogP contribution in [0.1, 0.15) is 13.3 Å². The maximum atomic E-state index is 11.0. The van der Waals surface area contributed by atoms with Crippen LogP contribution in [-0.4, -0.2) is 20.8 Å². The van der Waals surface area contributed by atoms with Crippen LogP contribution in [0, 0.1) is 5.92 Å². The van der Waals surface area contributed by atoms with Crippen LogP contribution in [0.2, 0.25) is 0 Å². The molecule has 0 spiro atoms. The molecule has 0 bridgehead atoms. The molecular weight excluding hydrogens is 306 g/mol. The van der Waals surface area contributed by atoms with E-state index in [2.05, 4.69) is 15.9 Å². The Morgan fingerprint density at radius 1 is 1.47 bits per heavy atom. The molecule has 1 atom stereocenters. The zero-order valence-corrected chi connectivity index (χ0v) is 12.0. The van der Waals surface area contributed by atoms with Crippen LogP contribution in [0.25, 0.3) is 0 Å². The summed E-state index contributed by atoms with van der Waals surface area (Å²) in [6.07, 6.45) is 0.713. The fraction of sp³-hybridized carbons (Fsp3) is 0.455. The lowest BCUT2D eigenvalue weighted by Crippen LogP contribution is -2.26. The topological polar surface area (TPSA) is 69.4 Å². The van der Waals surface area contributed by atoms with Gasteiger partial charge in [0.15, 0.2) is 0 Å². The van der Waals surface area contributed by atoms with Gasteiger partial charge in [-0.25, -0.2) is 13.6 Å². The molecule has 1 rings (SSSR count). The van der Waals surface area contributed by atoms with Crippen LogP contribution in [0.5, 0.6) is 5.75 Å². The summed E-state index contributed by atoms with van der Waals surface area (Å²) < 4.78 is 28.4. The van der Waals surface area contributed by atoms with E-state index < -0.39 is 10.0 Å². The summed E-state index contributed by atoms with van der Waals surface area (Å²) in [5, 5.41) is 5.01. The third-order valence-electron chi connectivity index (χ3n) is 2.33. The molecule has 0 amide bonds. The number of primary sulfonamides is 1. The standard InChI is InChI=1S/C11H16BrNO3S/c1-2-9(8-17(13,14)15)7-16-11-5-3-4-10(12)6-11/h3-6,9H,2,7-8H2,1H3,(H2,13,14,15). The summed E-state index contributed by atoms with van der Waals surface area (Å²) in [5.41, 5.74) is 0. The van der Waals surface area contributed by atoms with Crippen molar-refractivity contribution in [3.63, 3.8) is 0 Å². The van der Waals surface area contributed by atoms with Crippen molar-refractivity contribution in [3.05, 3.63) is 28.7 Å². The van der Waals surface area contributed by atoms with Gasteiger partial charge in [-0.1, -0.05) is 28.9 Å². The van der Waals surface area contributed by atoms with Gasteiger partial charge in [-0.3, -0.25) is 0 Å². The van der Waals surface area contributed by atoms with Gasteiger partial charge in [0.1, 0.15) is 5.75 Å². The molecule has 0 aliphatic carbocycles. The van der Waals surface area contributed by atoms with Gasteiger partial charge >= 0.3 is 0 Å². The predicted molar refractivity (Wildman–Crippen MR) is 71.4 cm³/mol. The SMILES string of the molecule is CCC(COc1cccc(Br)c1)CS(N)(=O)=O. The van der Waals surface area contributed by atoms with E-state index in [1.54, 1.807) is 0 Å². The second-order valence-electron chi connectivity index (χ2n) is 3.87. The van der Waals surface area contributed by atoms with Crippen molar-refractivity contribution < 1.29 is 13.2 Å². The van der Waals surface area contributed by atoms with Crippen LogP contribution in [-0.2, 0) is 10.0 Å². The third kappa shape index (κ3) is 6.05. The maximum absolute atomic E-state index is 11.0. The first-order chi connectivity index (χ1) is 7.90. The molecule has 1 aromatic rings. The van der Waals surface area contributed by atoms with Gasteiger partial charge in [0.25, 0.3) is 0 Å². The summed E-state index contributed by atoms with van der Waals surface area (Å²) >= 11 is 3.34. The van der Waals surface area contributed by atoms with Crippen LogP contribution >= 0.6 is 15.9 Å². The van der Waals surface area contributed by atoms with Gasteiger partial charge in [0.05, 0.1) is 12.4 Å². The Morgan fingerprint density at radius 2 is 2.18 bits per heavy atom. The lowest BCUT2D eigenvalue weighted by Gasteiger charge is -2.14. The molecule has 1 aromatic carbocycles. The fourth-order valence-corrected chi connectivity index (χ4v) is 2.75. The number of halogens is 1. The number of hydrogen-bond acceptors (Lipinski definition) is 3. The zero-order valence-electron chi connectivity index (χ0n) is 9.60. The average Bonchev–Trinajstić information content (AvgIpc) is 2.23. The smallest absolute Gasteiger partial charge is 0.209 e. The van der Waals surface area contributed by atoms with Gasteiger partial charge in [-0.15, -0.1) is 0 Å². The number of benzene rings is 1. The zero-order chi connectivity index (χ0) is 12.9. The van der Waals surface area contributed by atoms with E-state index in [4.69, 9.17) is 9.88 Å². The highest BCUT2D eigenvalue weighted by molar-refractivity contribution is 9.10. The van der Waals surface area contributed by atoms with E-state index in [-0.39, 0.29) is 11.7 Å². The Bertz CT molecular complexity index is 462. The van der Waals surface area contributed by atoms with Crippen molar-refractivity contribution in [2.24, 2.45) is 11.1 Å². The molecule has 17 heavy (non-hydrogen) atoms. The molecular formula is C11H16BrNO3S. The summed E-state index contributed by atoms with van der Waals surface area (Å²) in [5.74, 6) is 0.591. The van der Waals surface area contributed by atoms with E-state index in [9.17, 15) is 8.42 Å². The molecule has 1 unspecified atom stereocenters. The van der Waals surface area contributed by atoms with Crippen molar-refractivity contribution in [1.29, 1.82) is 0 Å². The summed E-state index contributed by atoms with van der Waals surface area (Å²) in [6, 6.07) is 7.42. The van der Waals surface area contributed by atoms with Gasteiger partial charge in [-0.2, -0.15) is 0 Å². The van der Waals surface area contributed by atoms with E-state index in [0.717, 1.165) is 4.47 Å². The minimum Gasteiger partial charge on any atom is -0.493 e. The average molecular weight is 322 g/mol. The van der Waals surface area contributed by atoms with Crippen molar-refractivity contribution in [2.75, 3.05) is 12.4 Å². The Hall–Kier alpha value is -0.590. The lowest BCUT2D eigenvalue weighted by atomic mass is 10.1. The van der Waals surface area contributed by atoms with Crippen molar-refractivity contribution in [3.8, 4) is 5.75 Å². The van der Waals surface area contributed by atoms with Crippen LogP contribution in [0.4, 0.5) is 0 Å². The van der Waals surface area contributed by atoms with E-state index >= 15 is 0 Å². The maximum Gasteiger partial charge on any atom is 0.209 e.